The molecule has 1 aliphatic rings. The van der Waals surface area contributed by atoms with E-state index in [1.807, 2.05) is 6.33 Å². The molecule has 0 saturated carbocycles. The topological polar surface area (TPSA) is 21.1 Å². The molecule has 28 heavy (non-hydrogen) atoms. The maximum absolute atomic E-state index is 4.60. The number of fused-ring (bicyclic) bond motifs is 1. The minimum Gasteiger partial charge on any atom is -0.299 e. The van der Waals surface area contributed by atoms with Crippen molar-refractivity contribution >= 4 is 11.0 Å². The van der Waals surface area contributed by atoms with Gasteiger partial charge in [0.15, 0.2) is 0 Å². The summed E-state index contributed by atoms with van der Waals surface area (Å²) in [6.07, 6.45) is 5.99. The summed E-state index contributed by atoms with van der Waals surface area (Å²) in [7, 11) is 0. The van der Waals surface area contributed by atoms with Gasteiger partial charge in [-0.05, 0) is 66.9 Å². The average Bonchev–Trinajstić information content (AvgIpc) is 3.19. The largest absolute Gasteiger partial charge is 0.299 e. The first-order chi connectivity index (χ1) is 13.9. The highest BCUT2D eigenvalue weighted by Crippen LogP contribution is 2.26. The predicted molar refractivity (Wildman–Crippen MR) is 116 cm³/mol. The summed E-state index contributed by atoms with van der Waals surface area (Å²) >= 11 is 0. The number of hydrogen-bond donors (Lipinski definition) is 0. The monoisotopic (exact) mass is 367 g/mol. The molecule has 1 fully saturated rings. The third-order valence-electron chi connectivity index (χ3n) is 5.72. The van der Waals surface area contributed by atoms with E-state index in [1.54, 1.807) is 0 Å². The normalized spacial score (nSPS) is 15.1. The van der Waals surface area contributed by atoms with Crippen molar-refractivity contribution in [3.8, 4) is 16.8 Å². The van der Waals surface area contributed by atoms with Crippen molar-refractivity contribution in [3.63, 3.8) is 0 Å². The zero-order valence-electron chi connectivity index (χ0n) is 16.1. The molecule has 4 aromatic rings. The number of nitrogens with zero attached hydrogens (tertiary/aromatic N) is 3. The van der Waals surface area contributed by atoms with E-state index in [2.05, 4.69) is 87.2 Å². The Hall–Kier alpha value is -2.91. The molecule has 0 aliphatic carbocycles. The van der Waals surface area contributed by atoms with Gasteiger partial charge in [-0.3, -0.25) is 9.47 Å². The maximum atomic E-state index is 4.60. The third kappa shape index (κ3) is 3.46. The molecule has 3 nitrogen and oxygen atoms in total. The van der Waals surface area contributed by atoms with Gasteiger partial charge in [0.25, 0.3) is 0 Å². The Bertz CT molecular complexity index is 1060. The average molecular weight is 367 g/mol. The molecule has 0 radical (unpaired) electrons. The molecule has 1 aromatic heterocycles. The van der Waals surface area contributed by atoms with Gasteiger partial charge in [-0.25, -0.2) is 4.98 Å². The summed E-state index contributed by atoms with van der Waals surface area (Å²) in [6, 6.07) is 26.0. The number of piperidine rings is 1. The fourth-order valence-electron chi connectivity index (χ4n) is 4.16. The smallest absolute Gasteiger partial charge is 0.100 e. The summed E-state index contributed by atoms with van der Waals surface area (Å²) in [5.41, 5.74) is 7.17. The number of likely N-dealkylation sites (tertiary alicyclic amines) is 1. The molecule has 0 atom stereocenters. The Morgan fingerprint density at radius 3 is 2.32 bits per heavy atom. The summed E-state index contributed by atoms with van der Waals surface area (Å²) in [4.78, 5) is 7.17. The van der Waals surface area contributed by atoms with E-state index in [0.717, 1.165) is 23.3 Å². The molecule has 1 aliphatic heterocycles. The van der Waals surface area contributed by atoms with Crippen LogP contribution in [-0.2, 0) is 6.54 Å². The SMILES string of the molecule is c1ccc(-c2ccc3ncn(-c4ccc(CN5CCCCC5)cc4)c3c2)cc1. The van der Waals surface area contributed by atoms with Gasteiger partial charge in [0.05, 0.1) is 11.0 Å². The van der Waals surface area contributed by atoms with E-state index in [1.165, 1.54) is 49.0 Å². The van der Waals surface area contributed by atoms with Crippen LogP contribution in [0, 0.1) is 0 Å². The van der Waals surface area contributed by atoms with Crippen LogP contribution in [0.4, 0.5) is 0 Å². The summed E-state index contributed by atoms with van der Waals surface area (Å²) in [5.74, 6) is 0. The van der Waals surface area contributed by atoms with Crippen LogP contribution in [0.2, 0.25) is 0 Å². The second-order valence-corrected chi connectivity index (χ2v) is 7.69. The third-order valence-corrected chi connectivity index (χ3v) is 5.72. The van der Waals surface area contributed by atoms with Gasteiger partial charge >= 0.3 is 0 Å². The van der Waals surface area contributed by atoms with Gasteiger partial charge in [-0.1, -0.05) is 55.0 Å². The van der Waals surface area contributed by atoms with Crippen LogP contribution in [0.5, 0.6) is 0 Å². The minimum atomic E-state index is 1.03. The Kier molecular flexibility index (Phi) is 4.67. The van der Waals surface area contributed by atoms with Crippen LogP contribution in [0.15, 0.2) is 79.1 Å². The van der Waals surface area contributed by atoms with Crippen molar-refractivity contribution in [2.75, 3.05) is 13.1 Å². The van der Waals surface area contributed by atoms with Crippen LogP contribution >= 0.6 is 0 Å². The van der Waals surface area contributed by atoms with Gasteiger partial charge < -0.3 is 0 Å². The minimum absolute atomic E-state index is 1.03. The maximum Gasteiger partial charge on any atom is 0.100 e. The fraction of sp³-hybridized carbons (Fsp3) is 0.240. The van der Waals surface area contributed by atoms with Gasteiger partial charge in [0.2, 0.25) is 0 Å². The number of benzene rings is 3. The van der Waals surface area contributed by atoms with Gasteiger partial charge in [0, 0.05) is 12.2 Å². The lowest BCUT2D eigenvalue weighted by molar-refractivity contribution is 0.221. The standard InChI is InChI=1S/C25H25N3/c1-3-7-21(8-4-1)22-11-14-24-25(17-22)28(19-26-24)23-12-9-20(10-13-23)18-27-15-5-2-6-16-27/h1,3-4,7-14,17,19H,2,5-6,15-16,18H2. The van der Waals surface area contributed by atoms with Crippen LogP contribution in [-0.4, -0.2) is 27.5 Å². The van der Waals surface area contributed by atoms with E-state index in [9.17, 15) is 0 Å². The van der Waals surface area contributed by atoms with Gasteiger partial charge in [-0.2, -0.15) is 0 Å². The Morgan fingerprint density at radius 2 is 1.54 bits per heavy atom. The second-order valence-electron chi connectivity index (χ2n) is 7.69. The summed E-state index contributed by atoms with van der Waals surface area (Å²) in [5, 5.41) is 0. The molecular formula is C25H25N3. The number of rotatable bonds is 4. The van der Waals surface area contributed by atoms with Crippen LogP contribution in [0.25, 0.3) is 27.8 Å². The molecule has 0 N–H and O–H groups in total. The molecular weight excluding hydrogens is 342 g/mol. The number of hydrogen-bond acceptors (Lipinski definition) is 2. The van der Waals surface area contributed by atoms with Gasteiger partial charge in [0.1, 0.15) is 6.33 Å². The van der Waals surface area contributed by atoms with E-state index < -0.39 is 0 Å². The summed E-state index contributed by atoms with van der Waals surface area (Å²) < 4.78 is 2.19. The highest BCUT2D eigenvalue weighted by atomic mass is 15.1. The van der Waals surface area contributed by atoms with E-state index in [4.69, 9.17) is 0 Å². The lowest BCUT2D eigenvalue weighted by atomic mass is 10.1. The highest BCUT2D eigenvalue weighted by Gasteiger charge is 2.11. The first kappa shape index (κ1) is 17.2. The lowest BCUT2D eigenvalue weighted by Crippen LogP contribution is -2.29. The Balaban J connectivity index is 1.44. The van der Waals surface area contributed by atoms with E-state index in [0.29, 0.717) is 0 Å². The second kappa shape index (κ2) is 7.61. The van der Waals surface area contributed by atoms with Crippen LogP contribution < -0.4 is 0 Å². The van der Waals surface area contributed by atoms with Crippen molar-refractivity contribution in [1.82, 2.24) is 14.5 Å². The van der Waals surface area contributed by atoms with Gasteiger partial charge in [-0.15, -0.1) is 0 Å². The quantitative estimate of drug-likeness (QED) is 0.463. The molecule has 0 unspecified atom stereocenters. The molecule has 0 amide bonds. The Morgan fingerprint density at radius 1 is 0.750 bits per heavy atom. The predicted octanol–water partition coefficient (Wildman–Crippen LogP) is 5.68. The van der Waals surface area contributed by atoms with Crippen LogP contribution in [0.1, 0.15) is 24.8 Å². The van der Waals surface area contributed by atoms with E-state index in [-0.39, 0.29) is 0 Å². The van der Waals surface area contributed by atoms with Crippen molar-refractivity contribution in [3.05, 3.63) is 84.7 Å². The van der Waals surface area contributed by atoms with Crippen molar-refractivity contribution in [2.45, 2.75) is 25.8 Å². The molecule has 0 bridgehead atoms. The summed E-state index contributed by atoms with van der Waals surface area (Å²) in [6.45, 7) is 3.52. The molecule has 1 saturated heterocycles. The molecule has 3 aromatic carbocycles. The molecule has 0 spiro atoms. The molecule has 3 heteroatoms. The zero-order chi connectivity index (χ0) is 18.8. The van der Waals surface area contributed by atoms with Crippen molar-refractivity contribution in [2.24, 2.45) is 0 Å². The lowest BCUT2D eigenvalue weighted by Gasteiger charge is -2.26. The highest BCUT2D eigenvalue weighted by molar-refractivity contribution is 5.83. The fourth-order valence-corrected chi connectivity index (χ4v) is 4.16. The van der Waals surface area contributed by atoms with Crippen molar-refractivity contribution in [1.29, 1.82) is 0 Å². The Labute approximate surface area is 166 Å². The number of imidazole rings is 1. The zero-order valence-corrected chi connectivity index (χ0v) is 16.1. The molecule has 2 heterocycles. The molecule has 140 valence electrons. The molecule has 5 rings (SSSR count). The van der Waals surface area contributed by atoms with Crippen molar-refractivity contribution < 1.29 is 0 Å². The van der Waals surface area contributed by atoms with Crippen LogP contribution in [0.3, 0.4) is 0 Å². The number of aromatic nitrogens is 2. The first-order valence-corrected chi connectivity index (χ1v) is 10.2. The van der Waals surface area contributed by atoms with E-state index >= 15 is 0 Å². The first-order valence-electron chi connectivity index (χ1n) is 10.2.